The lowest BCUT2D eigenvalue weighted by molar-refractivity contribution is -0.182. The number of nitrogens with two attached hydrogens (primary N) is 1. The van der Waals surface area contributed by atoms with Crippen LogP contribution in [0.1, 0.15) is 45.9 Å². The van der Waals surface area contributed by atoms with Gasteiger partial charge in [0.15, 0.2) is 23.3 Å². The number of rotatable bonds is 5. The van der Waals surface area contributed by atoms with E-state index >= 15 is 0 Å². The van der Waals surface area contributed by atoms with Crippen LogP contribution in [-0.2, 0) is 23.7 Å². The number of hydrogen-bond acceptors (Lipinski definition) is 10. The van der Waals surface area contributed by atoms with Crippen molar-refractivity contribution in [3.8, 4) is 6.07 Å². The molecule has 0 amide bonds. The second-order valence-electron chi connectivity index (χ2n) is 9.20. The van der Waals surface area contributed by atoms with E-state index in [1.807, 2.05) is 13.8 Å². The predicted molar refractivity (Wildman–Crippen MR) is 108 cm³/mol. The van der Waals surface area contributed by atoms with Crippen LogP contribution in [0.15, 0.2) is 18.5 Å². The Morgan fingerprint density at radius 2 is 2.16 bits per heavy atom. The van der Waals surface area contributed by atoms with Crippen molar-refractivity contribution in [3.63, 3.8) is 0 Å². The lowest BCUT2D eigenvalue weighted by Crippen LogP contribution is -2.34. The maximum absolute atomic E-state index is 12.3. The Morgan fingerprint density at radius 3 is 2.88 bits per heavy atom. The highest BCUT2D eigenvalue weighted by Crippen LogP contribution is 2.71. The van der Waals surface area contributed by atoms with Gasteiger partial charge < -0.3 is 29.4 Å². The Hall–Kier alpha value is -2.94. The van der Waals surface area contributed by atoms with Crippen molar-refractivity contribution in [1.29, 1.82) is 5.26 Å². The number of nitriles is 1. The Bertz CT molecular complexity index is 1130. The molecular formula is C21H25N5O6. The van der Waals surface area contributed by atoms with Gasteiger partial charge in [0.25, 0.3) is 0 Å². The number of nitrogens with zero attached hydrogens (tertiary/aromatic N) is 4. The molecule has 11 nitrogen and oxygen atoms in total. The zero-order valence-electron chi connectivity index (χ0n) is 18.3. The number of ether oxygens (including phenoxy) is 5. The second kappa shape index (κ2) is 6.78. The average molecular weight is 443 g/mol. The highest BCUT2D eigenvalue weighted by molar-refractivity contribution is 5.66. The SMILES string of the molecule is CC(C)CCOC(=O)OC1[C@@]2(C#N)O[C@@H](c3ccc4c(N)ncnn34)[C@@H]3OC(C)(C)O[C@@]132. The molecule has 0 bridgehead atoms. The molecule has 2 saturated heterocycles. The molecule has 1 spiro atoms. The molecule has 170 valence electrons. The topological polar surface area (TPSA) is 143 Å². The van der Waals surface area contributed by atoms with Gasteiger partial charge in [0.2, 0.25) is 5.60 Å². The Labute approximate surface area is 184 Å². The summed E-state index contributed by atoms with van der Waals surface area (Å²) < 4.78 is 30.8. The molecule has 1 saturated carbocycles. The Kier molecular flexibility index (Phi) is 4.43. The molecule has 0 aromatic carbocycles. The molecule has 2 aromatic heterocycles. The van der Waals surface area contributed by atoms with Crippen LogP contribution in [0.2, 0.25) is 0 Å². The molecule has 5 rings (SSSR count). The first-order chi connectivity index (χ1) is 15.1. The van der Waals surface area contributed by atoms with E-state index in [4.69, 9.17) is 29.4 Å². The van der Waals surface area contributed by atoms with Crippen molar-refractivity contribution in [3.05, 3.63) is 24.2 Å². The molecular weight excluding hydrogens is 418 g/mol. The standard InChI is InChI=1S/C21H25N5O6/c1-11(2)7-8-28-18(27)29-17-20(9-22)21(17)15(31-19(3,4)32-21)14(30-20)12-5-6-13-16(23)24-10-25-26(12)13/h5-6,10-11,14-15,17H,7-8H2,1-4H3,(H2,23,24,25)/t14-,15-,17?,20+,21+/m0/s1. The average Bonchev–Trinajstić information content (AvgIpc) is 3.08. The maximum Gasteiger partial charge on any atom is 0.508 e. The van der Waals surface area contributed by atoms with Crippen LogP contribution >= 0.6 is 0 Å². The normalized spacial score (nSPS) is 34.2. The van der Waals surface area contributed by atoms with Gasteiger partial charge in [-0.3, -0.25) is 0 Å². The number of nitrogen functional groups attached to an aromatic ring is 1. The fraction of sp³-hybridized carbons (Fsp3) is 0.619. The van der Waals surface area contributed by atoms with E-state index in [9.17, 15) is 10.1 Å². The fourth-order valence-electron chi connectivity index (χ4n) is 4.74. The molecule has 5 atom stereocenters. The van der Waals surface area contributed by atoms with Crippen LogP contribution in [0.4, 0.5) is 10.6 Å². The van der Waals surface area contributed by atoms with E-state index in [2.05, 4.69) is 16.2 Å². The number of aromatic nitrogens is 3. The van der Waals surface area contributed by atoms with Crippen LogP contribution in [0.25, 0.3) is 5.52 Å². The zero-order chi connectivity index (χ0) is 22.9. The molecule has 3 fully saturated rings. The zero-order valence-corrected chi connectivity index (χ0v) is 18.3. The molecule has 3 aliphatic rings. The van der Waals surface area contributed by atoms with E-state index in [0.29, 0.717) is 29.4 Å². The third-order valence-electron chi connectivity index (χ3n) is 6.19. The van der Waals surface area contributed by atoms with Crippen LogP contribution in [-0.4, -0.2) is 56.6 Å². The number of carbonyl (C=O) groups excluding carboxylic acids is 1. The number of anilines is 1. The second-order valence-corrected chi connectivity index (χ2v) is 9.20. The van der Waals surface area contributed by atoms with E-state index in [-0.39, 0.29) is 6.61 Å². The van der Waals surface area contributed by atoms with Gasteiger partial charge in [-0.2, -0.15) is 10.4 Å². The van der Waals surface area contributed by atoms with Crippen LogP contribution in [0.5, 0.6) is 0 Å². The molecule has 2 aliphatic heterocycles. The van der Waals surface area contributed by atoms with Crippen molar-refractivity contribution in [1.82, 2.24) is 14.6 Å². The highest BCUT2D eigenvalue weighted by Gasteiger charge is 2.96. The molecule has 11 heteroatoms. The molecule has 1 unspecified atom stereocenters. The van der Waals surface area contributed by atoms with Crippen molar-refractivity contribution >= 4 is 17.5 Å². The van der Waals surface area contributed by atoms with E-state index < -0.39 is 41.5 Å². The predicted octanol–water partition coefficient (Wildman–Crippen LogP) is 2.12. The van der Waals surface area contributed by atoms with E-state index in [1.54, 1.807) is 30.5 Å². The number of hydrogen-bond donors (Lipinski definition) is 1. The number of fused-ring (bicyclic) bond motifs is 1. The lowest BCUT2D eigenvalue weighted by atomic mass is 10.0. The van der Waals surface area contributed by atoms with Crippen molar-refractivity contribution in [2.45, 2.75) is 69.4 Å². The molecule has 0 radical (unpaired) electrons. The first kappa shape index (κ1) is 20.9. The van der Waals surface area contributed by atoms with Gasteiger partial charge in [-0.15, -0.1) is 0 Å². The van der Waals surface area contributed by atoms with Gasteiger partial charge in [-0.1, -0.05) is 13.8 Å². The van der Waals surface area contributed by atoms with Crippen molar-refractivity contribution in [2.24, 2.45) is 5.92 Å². The summed E-state index contributed by atoms with van der Waals surface area (Å²) in [5.41, 5.74) is 4.36. The minimum atomic E-state index is -1.53. The Balaban J connectivity index is 1.45. The Morgan fingerprint density at radius 1 is 1.38 bits per heavy atom. The van der Waals surface area contributed by atoms with Crippen LogP contribution < -0.4 is 5.73 Å². The smallest absolute Gasteiger partial charge is 0.434 e. The van der Waals surface area contributed by atoms with Crippen molar-refractivity contribution < 1.29 is 28.5 Å². The summed E-state index contributed by atoms with van der Waals surface area (Å²) in [7, 11) is 0. The summed E-state index contributed by atoms with van der Waals surface area (Å²) in [6, 6.07) is 5.73. The summed E-state index contributed by atoms with van der Waals surface area (Å²) in [6.07, 6.45) is -1.24. The summed E-state index contributed by atoms with van der Waals surface area (Å²) >= 11 is 0. The van der Waals surface area contributed by atoms with Gasteiger partial charge in [-0.25, -0.2) is 14.3 Å². The molecule has 2 N–H and O–H groups in total. The number of carbonyl (C=O) groups is 1. The van der Waals surface area contributed by atoms with Crippen molar-refractivity contribution in [2.75, 3.05) is 12.3 Å². The summed E-state index contributed by atoms with van der Waals surface area (Å²) in [5, 5.41) is 14.3. The third kappa shape index (κ3) is 2.73. The summed E-state index contributed by atoms with van der Waals surface area (Å²) in [4.78, 5) is 16.3. The van der Waals surface area contributed by atoms with Crippen LogP contribution in [0, 0.1) is 17.2 Å². The summed E-state index contributed by atoms with van der Waals surface area (Å²) in [5.74, 6) is -0.327. The molecule has 32 heavy (non-hydrogen) atoms. The molecule has 1 aliphatic carbocycles. The van der Waals surface area contributed by atoms with Gasteiger partial charge in [0, 0.05) is 0 Å². The minimum Gasteiger partial charge on any atom is -0.434 e. The van der Waals surface area contributed by atoms with Gasteiger partial charge in [-0.05, 0) is 38.3 Å². The van der Waals surface area contributed by atoms with Crippen LogP contribution in [0.3, 0.4) is 0 Å². The monoisotopic (exact) mass is 443 g/mol. The molecule has 2 aromatic rings. The van der Waals surface area contributed by atoms with Gasteiger partial charge in [0.1, 0.15) is 30.1 Å². The van der Waals surface area contributed by atoms with Gasteiger partial charge >= 0.3 is 6.16 Å². The fourth-order valence-corrected chi connectivity index (χ4v) is 4.74. The first-order valence-corrected chi connectivity index (χ1v) is 10.5. The largest absolute Gasteiger partial charge is 0.508 e. The van der Waals surface area contributed by atoms with E-state index in [0.717, 1.165) is 0 Å². The maximum atomic E-state index is 12.3. The minimum absolute atomic E-state index is 0.225. The highest BCUT2D eigenvalue weighted by atomic mass is 16.8. The molecule has 4 heterocycles. The van der Waals surface area contributed by atoms with Gasteiger partial charge in [0.05, 0.1) is 12.3 Å². The first-order valence-electron chi connectivity index (χ1n) is 10.5. The third-order valence-corrected chi connectivity index (χ3v) is 6.19. The van der Waals surface area contributed by atoms with E-state index in [1.165, 1.54) is 6.33 Å². The lowest BCUT2D eigenvalue weighted by Gasteiger charge is -2.24. The summed E-state index contributed by atoms with van der Waals surface area (Å²) in [6.45, 7) is 7.76. The quantitative estimate of drug-likeness (QED) is 0.682.